The van der Waals surface area contributed by atoms with Crippen LogP contribution in [-0.4, -0.2) is 17.5 Å². The van der Waals surface area contributed by atoms with Gasteiger partial charge in [-0.1, -0.05) is 95.8 Å². The molecule has 1 aromatic heterocycles. The highest BCUT2D eigenvalue weighted by atomic mass is 32.2. The second kappa shape index (κ2) is 10.1. The Balaban J connectivity index is 1.65. The van der Waals surface area contributed by atoms with Gasteiger partial charge in [-0.2, -0.15) is 0 Å². The maximum Gasteiger partial charge on any atom is 0.268 e. The fraction of sp³-hybridized carbons (Fsp3) is 0.125. The number of nitrogens with zero attached hydrogens (tertiary/aromatic N) is 1. The average Bonchev–Trinajstić information content (AvgIpc) is 3.31. The number of aromatic nitrogens is 1. The standard InChI is InChI=1S/C32H27NO3S/c1-23-12-17-26(18-13-23)28(21-16-25-8-4-3-5-9-25)32(34)30-22-33(31-11-7-6-10-29(30)31)37(35,36)27-19-14-24(2)15-20-27/h3-15,17-20,22,28,32,34H,1-2H3/t28?,32-/m1/s1. The summed E-state index contributed by atoms with van der Waals surface area (Å²) in [6, 6.07) is 31.5. The summed E-state index contributed by atoms with van der Waals surface area (Å²) in [5.41, 5.74) is 4.81. The Morgan fingerprint density at radius 1 is 0.757 bits per heavy atom. The summed E-state index contributed by atoms with van der Waals surface area (Å²) in [6.07, 6.45) is 0.480. The van der Waals surface area contributed by atoms with Crippen LogP contribution in [0.4, 0.5) is 0 Å². The van der Waals surface area contributed by atoms with Crippen molar-refractivity contribution in [2.75, 3.05) is 0 Å². The zero-order valence-electron chi connectivity index (χ0n) is 20.7. The second-order valence-electron chi connectivity index (χ2n) is 9.18. The zero-order valence-corrected chi connectivity index (χ0v) is 21.5. The molecule has 0 spiro atoms. The number of hydrogen-bond acceptors (Lipinski definition) is 3. The van der Waals surface area contributed by atoms with Gasteiger partial charge in [-0.3, -0.25) is 0 Å². The van der Waals surface area contributed by atoms with Gasteiger partial charge >= 0.3 is 0 Å². The molecule has 37 heavy (non-hydrogen) atoms. The van der Waals surface area contributed by atoms with Gasteiger partial charge in [-0.05, 0) is 49.7 Å². The Morgan fingerprint density at radius 2 is 1.35 bits per heavy atom. The van der Waals surface area contributed by atoms with Gasteiger partial charge in [0.1, 0.15) is 0 Å². The van der Waals surface area contributed by atoms with Crippen LogP contribution >= 0.6 is 0 Å². The number of rotatable bonds is 5. The summed E-state index contributed by atoms with van der Waals surface area (Å²) < 4.78 is 28.5. The number of hydrogen-bond donors (Lipinski definition) is 1. The first-order chi connectivity index (χ1) is 17.8. The Kier molecular flexibility index (Phi) is 6.71. The lowest BCUT2D eigenvalue weighted by atomic mass is 9.88. The first-order valence-electron chi connectivity index (χ1n) is 12.1. The molecule has 0 fully saturated rings. The molecule has 4 nitrogen and oxygen atoms in total. The summed E-state index contributed by atoms with van der Waals surface area (Å²) in [4.78, 5) is 0.193. The summed E-state index contributed by atoms with van der Waals surface area (Å²) in [7, 11) is -3.88. The summed E-state index contributed by atoms with van der Waals surface area (Å²) in [5.74, 6) is 5.88. The zero-order chi connectivity index (χ0) is 26.0. The summed E-state index contributed by atoms with van der Waals surface area (Å²) >= 11 is 0. The molecule has 0 saturated heterocycles. The quantitative estimate of drug-likeness (QED) is 0.283. The number of aliphatic hydroxyl groups is 1. The van der Waals surface area contributed by atoms with Crippen LogP contribution in [-0.2, 0) is 10.0 Å². The normalized spacial score (nSPS) is 13.1. The highest BCUT2D eigenvalue weighted by molar-refractivity contribution is 7.90. The fourth-order valence-electron chi connectivity index (χ4n) is 4.41. The van der Waals surface area contributed by atoms with Crippen molar-refractivity contribution in [3.8, 4) is 11.8 Å². The third kappa shape index (κ3) is 4.95. The SMILES string of the molecule is Cc1ccc(C(C#Cc2ccccc2)[C@@H](O)c2cn(S(=O)(=O)c3ccc(C)cc3)c3ccccc23)cc1. The molecule has 5 aromatic rings. The van der Waals surface area contributed by atoms with E-state index in [0.717, 1.165) is 22.3 Å². The summed E-state index contributed by atoms with van der Waals surface area (Å²) in [5, 5.41) is 12.4. The predicted molar refractivity (Wildman–Crippen MR) is 148 cm³/mol. The van der Waals surface area contributed by atoms with Crippen molar-refractivity contribution in [1.29, 1.82) is 0 Å². The van der Waals surface area contributed by atoms with Gasteiger partial charge in [-0.15, -0.1) is 0 Å². The van der Waals surface area contributed by atoms with Crippen LogP contribution in [0.1, 0.15) is 39.8 Å². The van der Waals surface area contributed by atoms with Crippen molar-refractivity contribution < 1.29 is 13.5 Å². The van der Waals surface area contributed by atoms with E-state index in [1.165, 1.54) is 10.2 Å². The van der Waals surface area contributed by atoms with Crippen molar-refractivity contribution in [3.05, 3.63) is 137 Å². The summed E-state index contributed by atoms with van der Waals surface area (Å²) in [6.45, 7) is 3.92. The Morgan fingerprint density at radius 3 is 2.03 bits per heavy atom. The van der Waals surface area contributed by atoms with Gasteiger partial charge < -0.3 is 5.11 Å². The van der Waals surface area contributed by atoms with Crippen LogP contribution in [0.25, 0.3) is 10.9 Å². The van der Waals surface area contributed by atoms with Gasteiger partial charge in [0.25, 0.3) is 10.0 Å². The van der Waals surface area contributed by atoms with E-state index in [4.69, 9.17) is 0 Å². The molecule has 0 aliphatic heterocycles. The lowest BCUT2D eigenvalue weighted by molar-refractivity contribution is 0.166. The number of para-hydroxylation sites is 1. The van der Waals surface area contributed by atoms with Gasteiger partial charge in [0, 0.05) is 22.7 Å². The first-order valence-corrected chi connectivity index (χ1v) is 13.5. The lowest BCUT2D eigenvalue weighted by Crippen LogP contribution is -2.13. The molecule has 1 heterocycles. The number of aryl methyl sites for hydroxylation is 2. The third-order valence-corrected chi connectivity index (χ3v) is 8.19. The lowest BCUT2D eigenvalue weighted by Gasteiger charge is -2.19. The highest BCUT2D eigenvalue weighted by Gasteiger charge is 2.28. The third-order valence-electron chi connectivity index (χ3n) is 6.50. The van der Waals surface area contributed by atoms with Crippen molar-refractivity contribution in [2.45, 2.75) is 30.8 Å². The van der Waals surface area contributed by atoms with Crippen molar-refractivity contribution in [1.82, 2.24) is 3.97 Å². The minimum atomic E-state index is -3.88. The minimum Gasteiger partial charge on any atom is -0.387 e. The average molecular weight is 506 g/mol. The molecule has 0 saturated carbocycles. The minimum absolute atomic E-state index is 0.193. The Labute approximate surface area is 217 Å². The maximum atomic E-state index is 13.6. The predicted octanol–water partition coefficient (Wildman–Crippen LogP) is 6.36. The molecule has 0 bridgehead atoms. The highest BCUT2D eigenvalue weighted by Crippen LogP contribution is 2.37. The van der Waals surface area contributed by atoms with Crippen LogP contribution < -0.4 is 0 Å². The molecular weight excluding hydrogens is 478 g/mol. The maximum absolute atomic E-state index is 13.6. The molecular formula is C32H27NO3S. The van der Waals surface area contributed by atoms with Crippen LogP contribution in [0.3, 0.4) is 0 Å². The van der Waals surface area contributed by atoms with E-state index >= 15 is 0 Å². The molecule has 0 aliphatic carbocycles. The van der Waals surface area contributed by atoms with E-state index < -0.39 is 22.0 Å². The van der Waals surface area contributed by atoms with Gasteiger partial charge in [-0.25, -0.2) is 12.4 Å². The van der Waals surface area contributed by atoms with Gasteiger partial charge in [0.2, 0.25) is 0 Å². The van der Waals surface area contributed by atoms with E-state index in [0.29, 0.717) is 16.5 Å². The topological polar surface area (TPSA) is 59.3 Å². The van der Waals surface area contributed by atoms with Crippen molar-refractivity contribution >= 4 is 20.9 Å². The molecule has 184 valence electrons. The molecule has 0 amide bonds. The smallest absolute Gasteiger partial charge is 0.268 e. The Hall–Kier alpha value is -4.11. The molecule has 2 atom stereocenters. The van der Waals surface area contributed by atoms with Crippen LogP contribution in [0.15, 0.2) is 114 Å². The van der Waals surface area contributed by atoms with E-state index in [1.54, 1.807) is 36.4 Å². The molecule has 5 heteroatoms. The number of fused-ring (bicyclic) bond motifs is 1. The molecule has 0 radical (unpaired) electrons. The van der Waals surface area contributed by atoms with Crippen LogP contribution in [0.5, 0.6) is 0 Å². The van der Waals surface area contributed by atoms with Gasteiger partial charge in [0.15, 0.2) is 0 Å². The van der Waals surface area contributed by atoms with E-state index in [2.05, 4.69) is 11.8 Å². The largest absolute Gasteiger partial charge is 0.387 e. The number of benzene rings is 4. The molecule has 0 aliphatic rings. The molecule has 1 N–H and O–H groups in total. The van der Waals surface area contributed by atoms with Crippen molar-refractivity contribution in [2.24, 2.45) is 0 Å². The van der Waals surface area contributed by atoms with Crippen LogP contribution in [0, 0.1) is 25.7 Å². The van der Waals surface area contributed by atoms with Gasteiger partial charge in [0.05, 0.1) is 22.4 Å². The van der Waals surface area contributed by atoms with E-state index in [-0.39, 0.29) is 4.90 Å². The number of aliphatic hydroxyl groups excluding tert-OH is 1. The second-order valence-corrected chi connectivity index (χ2v) is 11.0. The van der Waals surface area contributed by atoms with E-state index in [9.17, 15) is 13.5 Å². The van der Waals surface area contributed by atoms with Crippen LogP contribution in [0.2, 0.25) is 0 Å². The molecule has 1 unspecified atom stereocenters. The van der Waals surface area contributed by atoms with E-state index in [1.807, 2.05) is 80.6 Å². The monoisotopic (exact) mass is 505 g/mol. The fourth-order valence-corrected chi connectivity index (χ4v) is 5.79. The van der Waals surface area contributed by atoms with Crippen molar-refractivity contribution in [3.63, 3.8) is 0 Å². The Bertz CT molecular complexity index is 1710. The molecule has 4 aromatic carbocycles. The first kappa shape index (κ1) is 24.6. The molecule has 5 rings (SSSR count).